The lowest BCUT2D eigenvalue weighted by Crippen LogP contribution is -2.29. The number of H-pyrrole nitrogens is 1. The summed E-state index contributed by atoms with van der Waals surface area (Å²) in [5.41, 5.74) is 4.09. The van der Waals surface area contributed by atoms with Gasteiger partial charge in [-0.1, -0.05) is 30.7 Å². The van der Waals surface area contributed by atoms with Gasteiger partial charge in [-0.3, -0.25) is 9.69 Å². The highest BCUT2D eigenvalue weighted by Gasteiger charge is 2.11. The summed E-state index contributed by atoms with van der Waals surface area (Å²) in [5.74, 6) is 0.871. The van der Waals surface area contributed by atoms with Gasteiger partial charge in [0.15, 0.2) is 0 Å². The third kappa shape index (κ3) is 4.74. The molecule has 0 spiro atoms. The number of aromatic amines is 1. The Kier molecular flexibility index (Phi) is 5.49. The Morgan fingerprint density at radius 1 is 1.07 bits per heavy atom. The zero-order chi connectivity index (χ0) is 18.5. The summed E-state index contributed by atoms with van der Waals surface area (Å²) in [6.45, 7) is 3.31. The average Bonchev–Trinajstić information content (AvgIpc) is 3.11. The number of anilines is 1. The Bertz CT molecular complexity index is 878. The number of aromatic nitrogens is 2. The fourth-order valence-electron chi connectivity index (χ4n) is 3.70. The molecule has 0 bridgehead atoms. The van der Waals surface area contributed by atoms with Crippen LogP contribution in [0.4, 0.5) is 5.69 Å². The quantitative estimate of drug-likeness (QED) is 0.693. The number of rotatable bonds is 6. The second-order valence-corrected chi connectivity index (χ2v) is 7.29. The fraction of sp³-hybridized carbons (Fsp3) is 0.364. The highest BCUT2D eigenvalue weighted by atomic mass is 16.1. The predicted octanol–water partition coefficient (Wildman–Crippen LogP) is 4.12. The number of piperidine rings is 1. The van der Waals surface area contributed by atoms with Crippen LogP contribution < -0.4 is 5.32 Å². The van der Waals surface area contributed by atoms with Crippen LogP contribution in [0.15, 0.2) is 48.5 Å². The van der Waals surface area contributed by atoms with Gasteiger partial charge in [0.25, 0.3) is 0 Å². The first-order valence-corrected chi connectivity index (χ1v) is 9.81. The molecule has 1 aliphatic rings. The Morgan fingerprint density at radius 3 is 2.78 bits per heavy atom. The average molecular weight is 362 g/mol. The lowest BCUT2D eigenvalue weighted by molar-refractivity contribution is -0.116. The molecule has 1 amide bonds. The van der Waals surface area contributed by atoms with Crippen LogP contribution in [0, 0.1) is 0 Å². The van der Waals surface area contributed by atoms with Crippen molar-refractivity contribution in [3.63, 3.8) is 0 Å². The molecular formula is C22H26N4O. The van der Waals surface area contributed by atoms with E-state index < -0.39 is 0 Å². The van der Waals surface area contributed by atoms with E-state index in [9.17, 15) is 4.79 Å². The van der Waals surface area contributed by atoms with Crippen LogP contribution in [-0.2, 0) is 17.8 Å². The number of hydrogen-bond donors (Lipinski definition) is 2. The molecule has 0 radical (unpaired) electrons. The molecule has 5 heteroatoms. The van der Waals surface area contributed by atoms with Crippen LogP contribution in [0.25, 0.3) is 11.0 Å². The molecule has 4 rings (SSSR count). The molecule has 0 unspecified atom stereocenters. The van der Waals surface area contributed by atoms with Crippen LogP contribution in [0.2, 0.25) is 0 Å². The van der Waals surface area contributed by atoms with Gasteiger partial charge in [-0.2, -0.15) is 0 Å². The van der Waals surface area contributed by atoms with Crippen LogP contribution >= 0.6 is 0 Å². The number of carbonyl (C=O) groups is 1. The maximum absolute atomic E-state index is 12.3. The van der Waals surface area contributed by atoms with Gasteiger partial charge in [-0.25, -0.2) is 4.98 Å². The van der Waals surface area contributed by atoms with E-state index in [2.05, 4.69) is 32.3 Å². The highest BCUT2D eigenvalue weighted by molar-refractivity contribution is 5.90. The van der Waals surface area contributed by atoms with Crippen molar-refractivity contribution in [2.24, 2.45) is 0 Å². The summed E-state index contributed by atoms with van der Waals surface area (Å²) in [4.78, 5) is 22.6. The third-order valence-corrected chi connectivity index (χ3v) is 5.09. The number of aryl methyl sites for hydroxylation is 1. The molecule has 2 heterocycles. The molecule has 2 aromatic carbocycles. The minimum atomic E-state index is 0.0191. The van der Waals surface area contributed by atoms with Crippen LogP contribution in [0.3, 0.4) is 0 Å². The second-order valence-electron chi connectivity index (χ2n) is 7.29. The number of hydrogen-bond acceptors (Lipinski definition) is 3. The topological polar surface area (TPSA) is 61.0 Å². The van der Waals surface area contributed by atoms with Gasteiger partial charge in [0.1, 0.15) is 5.82 Å². The van der Waals surface area contributed by atoms with E-state index >= 15 is 0 Å². The third-order valence-electron chi connectivity index (χ3n) is 5.09. The largest absolute Gasteiger partial charge is 0.342 e. The molecule has 1 fully saturated rings. The number of imidazole rings is 1. The summed E-state index contributed by atoms with van der Waals surface area (Å²) in [7, 11) is 0. The van der Waals surface area contributed by atoms with E-state index in [-0.39, 0.29) is 5.91 Å². The number of likely N-dealkylation sites (tertiary alicyclic amines) is 1. The standard InChI is InChI=1S/C22H26N4O/c27-22(12-11-21-24-19-9-2-3-10-20(19)25-21)23-18-8-6-7-17(15-18)16-26-13-4-1-5-14-26/h2-3,6-10,15H,1,4-5,11-14,16H2,(H,23,27)(H,24,25). The van der Waals surface area contributed by atoms with Crippen molar-refractivity contribution < 1.29 is 4.79 Å². The summed E-state index contributed by atoms with van der Waals surface area (Å²) < 4.78 is 0. The Balaban J connectivity index is 1.31. The zero-order valence-corrected chi connectivity index (χ0v) is 15.6. The smallest absolute Gasteiger partial charge is 0.224 e. The van der Waals surface area contributed by atoms with E-state index in [0.717, 1.165) is 29.1 Å². The number of amides is 1. The Morgan fingerprint density at radius 2 is 1.93 bits per heavy atom. The summed E-state index contributed by atoms with van der Waals surface area (Å²) >= 11 is 0. The van der Waals surface area contributed by atoms with E-state index in [0.29, 0.717) is 12.8 Å². The maximum atomic E-state index is 12.3. The second kappa shape index (κ2) is 8.35. The van der Waals surface area contributed by atoms with Gasteiger partial charge in [0.2, 0.25) is 5.91 Å². The minimum Gasteiger partial charge on any atom is -0.342 e. The number of para-hydroxylation sites is 2. The van der Waals surface area contributed by atoms with Gasteiger partial charge in [0, 0.05) is 25.1 Å². The number of nitrogens with one attached hydrogen (secondary N) is 2. The van der Waals surface area contributed by atoms with E-state index in [4.69, 9.17) is 0 Å². The molecule has 2 N–H and O–H groups in total. The van der Waals surface area contributed by atoms with Crippen molar-refractivity contribution in [3.05, 3.63) is 59.9 Å². The predicted molar refractivity (Wildman–Crippen MR) is 109 cm³/mol. The molecule has 27 heavy (non-hydrogen) atoms. The van der Waals surface area contributed by atoms with Crippen molar-refractivity contribution in [2.45, 2.75) is 38.6 Å². The number of benzene rings is 2. The van der Waals surface area contributed by atoms with E-state index in [1.165, 1.54) is 37.9 Å². The maximum Gasteiger partial charge on any atom is 0.224 e. The SMILES string of the molecule is O=C(CCc1nc2ccccc2[nH]1)Nc1cccc(CN2CCCCC2)c1. The Labute approximate surface area is 159 Å². The van der Waals surface area contributed by atoms with Crippen molar-refractivity contribution in [1.82, 2.24) is 14.9 Å². The monoisotopic (exact) mass is 362 g/mol. The first kappa shape index (κ1) is 17.7. The normalized spacial score (nSPS) is 15.1. The summed E-state index contributed by atoms with van der Waals surface area (Å²) in [6.07, 6.45) is 4.94. The Hall–Kier alpha value is -2.66. The first-order chi connectivity index (χ1) is 13.3. The molecule has 140 valence electrons. The van der Waals surface area contributed by atoms with Crippen LogP contribution in [0.5, 0.6) is 0 Å². The van der Waals surface area contributed by atoms with E-state index in [1.54, 1.807) is 0 Å². The van der Waals surface area contributed by atoms with Crippen molar-refractivity contribution in [3.8, 4) is 0 Å². The lowest BCUT2D eigenvalue weighted by atomic mass is 10.1. The molecule has 5 nitrogen and oxygen atoms in total. The molecular weight excluding hydrogens is 336 g/mol. The first-order valence-electron chi connectivity index (χ1n) is 9.81. The number of nitrogens with zero attached hydrogens (tertiary/aromatic N) is 2. The summed E-state index contributed by atoms with van der Waals surface area (Å²) in [6, 6.07) is 16.1. The van der Waals surface area contributed by atoms with Gasteiger partial charge in [0.05, 0.1) is 11.0 Å². The molecule has 1 aliphatic heterocycles. The molecule has 0 atom stereocenters. The van der Waals surface area contributed by atoms with E-state index in [1.807, 2.05) is 36.4 Å². The molecule has 1 aromatic heterocycles. The van der Waals surface area contributed by atoms with Crippen LogP contribution in [0.1, 0.15) is 37.1 Å². The van der Waals surface area contributed by atoms with Crippen molar-refractivity contribution >= 4 is 22.6 Å². The highest BCUT2D eigenvalue weighted by Crippen LogP contribution is 2.17. The molecule has 1 saturated heterocycles. The van der Waals surface area contributed by atoms with Gasteiger partial charge < -0.3 is 10.3 Å². The molecule has 0 saturated carbocycles. The fourth-order valence-corrected chi connectivity index (χ4v) is 3.70. The van der Waals surface area contributed by atoms with Crippen molar-refractivity contribution in [1.29, 1.82) is 0 Å². The van der Waals surface area contributed by atoms with Gasteiger partial charge in [-0.05, 0) is 55.8 Å². The van der Waals surface area contributed by atoms with Gasteiger partial charge >= 0.3 is 0 Å². The van der Waals surface area contributed by atoms with Gasteiger partial charge in [-0.15, -0.1) is 0 Å². The van der Waals surface area contributed by atoms with Crippen molar-refractivity contribution in [2.75, 3.05) is 18.4 Å². The summed E-state index contributed by atoms with van der Waals surface area (Å²) in [5, 5.41) is 3.02. The lowest BCUT2D eigenvalue weighted by Gasteiger charge is -2.26. The molecule has 0 aliphatic carbocycles. The number of carbonyl (C=O) groups excluding carboxylic acids is 1. The number of fused-ring (bicyclic) bond motifs is 1. The zero-order valence-electron chi connectivity index (χ0n) is 15.6. The minimum absolute atomic E-state index is 0.0191. The molecule has 3 aromatic rings. The van der Waals surface area contributed by atoms with Crippen LogP contribution in [-0.4, -0.2) is 33.9 Å².